The van der Waals surface area contributed by atoms with Crippen LogP contribution in [0, 0.1) is 0 Å². The number of carbonyl (C=O) groups is 1. The van der Waals surface area contributed by atoms with Crippen LogP contribution in [0.25, 0.3) is 0 Å². The first-order chi connectivity index (χ1) is 7.65. The fourth-order valence-electron chi connectivity index (χ4n) is 1.29. The molecule has 0 bridgehead atoms. The number of aromatic hydroxyl groups is 1. The minimum absolute atomic E-state index is 0.201. The summed E-state index contributed by atoms with van der Waals surface area (Å²) >= 11 is 0. The summed E-state index contributed by atoms with van der Waals surface area (Å²) in [4.78, 5) is 28.2. The molecule has 1 rings (SSSR count). The van der Waals surface area contributed by atoms with Crippen molar-refractivity contribution in [3.05, 3.63) is 22.2 Å². The Balaban J connectivity index is 2.49. The van der Waals surface area contributed by atoms with Crippen molar-refractivity contribution < 1.29 is 14.6 Å². The Morgan fingerprint density at radius 3 is 3.00 bits per heavy atom. The molecule has 0 spiro atoms. The van der Waals surface area contributed by atoms with Gasteiger partial charge < -0.3 is 14.8 Å². The van der Waals surface area contributed by atoms with Gasteiger partial charge in [-0.1, -0.05) is 0 Å². The fraction of sp³-hybridized carbons (Fsp3) is 0.500. The van der Waals surface area contributed by atoms with E-state index in [0.717, 1.165) is 6.33 Å². The zero-order valence-electron chi connectivity index (χ0n) is 9.02. The Bertz CT molecular complexity index is 414. The summed E-state index contributed by atoms with van der Waals surface area (Å²) in [6, 6.07) is 0. The average molecular weight is 226 g/mol. The van der Waals surface area contributed by atoms with Crippen molar-refractivity contribution >= 4 is 5.97 Å². The molecule has 0 atom stereocenters. The number of nitrogens with zero attached hydrogens (tertiary/aromatic N) is 1. The second-order valence-corrected chi connectivity index (χ2v) is 3.19. The van der Waals surface area contributed by atoms with Crippen LogP contribution in [-0.2, 0) is 16.0 Å². The molecule has 1 aromatic rings. The molecule has 0 aromatic carbocycles. The lowest BCUT2D eigenvalue weighted by Gasteiger charge is -2.02. The second kappa shape index (κ2) is 5.89. The highest BCUT2D eigenvalue weighted by molar-refractivity contribution is 5.69. The van der Waals surface area contributed by atoms with E-state index in [4.69, 9.17) is 4.74 Å². The maximum absolute atomic E-state index is 11.3. The first-order valence-corrected chi connectivity index (χ1v) is 5.06. The van der Waals surface area contributed by atoms with E-state index in [2.05, 4.69) is 9.97 Å². The Kier molecular flexibility index (Phi) is 4.50. The van der Waals surface area contributed by atoms with Gasteiger partial charge in [0.25, 0.3) is 5.56 Å². The molecule has 0 saturated heterocycles. The summed E-state index contributed by atoms with van der Waals surface area (Å²) in [6.45, 7) is 2.08. The van der Waals surface area contributed by atoms with E-state index in [1.807, 2.05) is 0 Å². The predicted octanol–water partition coefficient (Wildman–Crippen LogP) is 0.361. The van der Waals surface area contributed by atoms with E-state index in [9.17, 15) is 14.7 Å². The molecule has 88 valence electrons. The molecule has 0 aliphatic rings. The molecule has 0 saturated carbocycles. The number of carbonyl (C=O) groups excluding carboxylic acids is 1. The van der Waals surface area contributed by atoms with Crippen LogP contribution in [0.1, 0.15) is 25.3 Å². The third-order valence-electron chi connectivity index (χ3n) is 2.04. The second-order valence-electron chi connectivity index (χ2n) is 3.19. The SMILES string of the molecule is CCOC(=O)CCCc1c(O)nc[nH]c1=O. The number of nitrogens with one attached hydrogen (secondary N) is 1. The Hall–Kier alpha value is -1.85. The van der Waals surface area contributed by atoms with Gasteiger partial charge in [0.2, 0.25) is 5.88 Å². The topological polar surface area (TPSA) is 92.3 Å². The molecule has 0 radical (unpaired) electrons. The fourth-order valence-corrected chi connectivity index (χ4v) is 1.29. The summed E-state index contributed by atoms with van der Waals surface area (Å²) in [6.07, 6.45) is 2.10. The molecular formula is C10H14N2O4. The zero-order valence-corrected chi connectivity index (χ0v) is 9.02. The van der Waals surface area contributed by atoms with Gasteiger partial charge in [-0.05, 0) is 19.8 Å². The highest BCUT2D eigenvalue weighted by Gasteiger charge is 2.08. The molecule has 2 N–H and O–H groups in total. The zero-order chi connectivity index (χ0) is 12.0. The molecule has 0 aliphatic carbocycles. The third kappa shape index (κ3) is 3.38. The van der Waals surface area contributed by atoms with E-state index in [1.165, 1.54) is 0 Å². The van der Waals surface area contributed by atoms with Crippen molar-refractivity contribution in [1.29, 1.82) is 0 Å². The van der Waals surface area contributed by atoms with E-state index < -0.39 is 0 Å². The molecule has 1 heterocycles. The molecule has 0 amide bonds. The molecule has 6 heteroatoms. The number of aromatic nitrogens is 2. The molecule has 0 unspecified atom stereocenters. The van der Waals surface area contributed by atoms with Gasteiger partial charge in [-0.25, -0.2) is 4.98 Å². The van der Waals surface area contributed by atoms with Crippen LogP contribution in [0.5, 0.6) is 5.88 Å². The molecule has 6 nitrogen and oxygen atoms in total. The quantitative estimate of drug-likeness (QED) is 0.707. The van der Waals surface area contributed by atoms with Crippen LogP contribution in [0.3, 0.4) is 0 Å². The van der Waals surface area contributed by atoms with Crippen LogP contribution >= 0.6 is 0 Å². The smallest absolute Gasteiger partial charge is 0.305 e. The van der Waals surface area contributed by atoms with Crippen LogP contribution < -0.4 is 5.56 Å². The van der Waals surface area contributed by atoms with Gasteiger partial charge >= 0.3 is 5.97 Å². The van der Waals surface area contributed by atoms with E-state index in [0.29, 0.717) is 19.4 Å². The van der Waals surface area contributed by atoms with E-state index in [1.54, 1.807) is 6.92 Å². The molecule has 16 heavy (non-hydrogen) atoms. The number of H-pyrrole nitrogens is 1. The number of rotatable bonds is 5. The van der Waals surface area contributed by atoms with E-state index in [-0.39, 0.29) is 29.4 Å². The lowest BCUT2D eigenvalue weighted by Crippen LogP contribution is -2.13. The Labute approximate surface area is 92.3 Å². The van der Waals surface area contributed by atoms with Crippen molar-refractivity contribution in [2.24, 2.45) is 0 Å². The van der Waals surface area contributed by atoms with Crippen molar-refractivity contribution in [3.8, 4) is 5.88 Å². The number of aromatic amines is 1. The maximum atomic E-state index is 11.3. The lowest BCUT2D eigenvalue weighted by atomic mass is 10.1. The van der Waals surface area contributed by atoms with Gasteiger partial charge in [0, 0.05) is 6.42 Å². The van der Waals surface area contributed by atoms with Crippen molar-refractivity contribution in [3.63, 3.8) is 0 Å². The minimum atomic E-state index is -0.378. The standard InChI is InChI=1S/C10H14N2O4/c1-2-16-8(13)5-3-4-7-9(14)11-6-12-10(7)15/h6H,2-5H2,1H3,(H2,11,12,14,15). The first-order valence-electron chi connectivity index (χ1n) is 5.06. The summed E-state index contributed by atoms with van der Waals surface area (Å²) in [5.41, 5.74) is -0.178. The summed E-state index contributed by atoms with van der Waals surface area (Å²) < 4.78 is 4.74. The van der Waals surface area contributed by atoms with Crippen LogP contribution in [-0.4, -0.2) is 27.7 Å². The molecule has 0 aliphatic heterocycles. The van der Waals surface area contributed by atoms with Crippen LogP contribution in [0.4, 0.5) is 0 Å². The number of hydrogen-bond donors (Lipinski definition) is 2. The van der Waals surface area contributed by atoms with Gasteiger partial charge in [0.05, 0.1) is 18.5 Å². The van der Waals surface area contributed by atoms with Gasteiger partial charge in [-0.15, -0.1) is 0 Å². The largest absolute Gasteiger partial charge is 0.493 e. The van der Waals surface area contributed by atoms with Crippen LogP contribution in [0.15, 0.2) is 11.1 Å². The number of esters is 1. The minimum Gasteiger partial charge on any atom is -0.493 e. The van der Waals surface area contributed by atoms with Gasteiger partial charge in [-0.3, -0.25) is 9.59 Å². The number of ether oxygens (including phenoxy) is 1. The summed E-state index contributed by atoms with van der Waals surface area (Å²) in [5, 5.41) is 9.31. The normalized spacial score (nSPS) is 10.1. The Morgan fingerprint density at radius 1 is 1.62 bits per heavy atom. The molecule has 1 aromatic heterocycles. The van der Waals surface area contributed by atoms with Gasteiger partial charge in [0.15, 0.2) is 0 Å². The van der Waals surface area contributed by atoms with Gasteiger partial charge in [-0.2, -0.15) is 0 Å². The molecule has 0 fully saturated rings. The highest BCUT2D eigenvalue weighted by atomic mass is 16.5. The monoisotopic (exact) mass is 226 g/mol. The van der Waals surface area contributed by atoms with Crippen LogP contribution in [0.2, 0.25) is 0 Å². The van der Waals surface area contributed by atoms with Crippen molar-refractivity contribution in [1.82, 2.24) is 9.97 Å². The lowest BCUT2D eigenvalue weighted by molar-refractivity contribution is -0.143. The van der Waals surface area contributed by atoms with Gasteiger partial charge in [0.1, 0.15) is 0 Å². The Morgan fingerprint density at radius 2 is 2.38 bits per heavy atom. The van der Waals surface area contributed by atoms with E-state index >= 15 is 0 Å². The average Bonchev–Trinajstić information content (AvgIpc) is 2.23. The highest BCUT2D eigenvalue weighted by Crippen LogP contribution is 2.10. The van der Waals surface area contributed by atoms with Crippen molar-refractivity contribution in [2.45, 2.75) is 26.2 Å². The third-order valence-corrected chi connectivity index (χ3v) is 2.04. The maximum Gasteiger partial charge on any atom is 0.305 e. The number of hydrogen-bond acceptors (Lipinski definition) is 5. The summed E-state index contributed by atoms with van der Waals surface area (Å²) in [5.74, 6) is -0.588. The first kappa shape index (κ1) is 12.2. The predicted molar refractivity (Wildman–Crippen MR) is 56.1 cm³/mol. The summed E-state index contributed by atoms with van der Waals surface area (Å²) in [7, 11) is 0. The molecular weight excluding hydrogens is 212 g/mol. The van der Waals surface area contributed by atoms with Crippen molar-refractivity contribution in [2.75, 3.05) is 6.61 Å².